The molecule has 30 heavy (non-hydrogen) atoms. The van der Waals surface area contributed by atoms with Crippen LogP contribution in [0.2, 0.25) is 0 Å². The predicted octanol–water partition coefficient (Wildman–Crippen LogP) is 2.44. The average molecular weight is 409 g/mol. The van der Waals surface area contributed by atoms with Crippen LogP contribution in [0.4, 0.5) is 11.5 Å². The number of carbonyl (C=O) groups is 2. The number of nitrogens with zero attached hydrogens (tertiary/aromatic N) is 4. The summed E-state index contributed by atoms with van der Waals surface area (Å²) in [6.45, 7) is 2.21. The lowest BCUT2D eigenvalue weighted by atomic mass is 10.1. The normalized spacial score (nSPS) is 16.3. The molecule has 0 spiro atoms. The number of nitro groups is 1. The van der Waals surface area contributed by atoms with Crippen LogP contribution in [0.25, 0.3) is 0 Å². The van der Waals surface area contributed by atoms with Crippen molar-refractivity contribution in [3.63, 3.8) is 0 Å². The van der Waals surface area contributed by atoms with Crippen LogP contribution in [0.1, 0.15) is 40.0 Å². The van der Waals surface area contributed by atoms with E-state index in [1.54, 1.807) is 35.4 Å². The number of aromatic nitrogens is 1. The lowest BCUT2D eigenvalue weighted by Crippen LogP contribution is -2.48. The predicted molar refractivity (Wildman–Crippen MR) is 110 cm³/mol. The number of anilines is 1. The van der Waals surface area contributed by atoms with Gasteiger partial charge in [0.25, 0.3) is 17.5 Å². The van der Waals surface area contributed by atoms with Gasteiger partial charge in [0.05, 0.1) is 17.2 Å². The van der Waals surface area contributed by atoms with Crippen molar-refractivity contribution in [2.24, 2.45) is 5.92 Å². The number of rotatable bonds is 6. The van der Waals surface area contributed by atoms with Crippen molar-refractivity contribution >= 4 is 23.3 Å². The smallest absolute Gasteiger partial charge is 0.282 e. The zero-order valence-electron chi connectivity index (χ0n) is 16.5. The van der Waals surface area contributed by atoms with Crippen LogP contribution in [-0.2, 0) is 0 Å². The molecule has 1 saturated carbocycles. The number of pyridine rings is 1. The largest absolute Gasteiger partial charge is 0.352 e. The van der Waals surface area contributed by atoms with Gasteiger partial charge < -0.3 is 15.1 Å². The molecule has 156 valence electrons. The van der Waals surface area contributed by atoms with E-state index in [9.17, 15) is 19.7 Å². The number of carbonyl (C=O) groups excluding carboxylic acids is 2. The van der Waals surface area contributed by atoms with Gasteiger partial charge >= 0.3 is 0 Å². The van der Waals surface area contributed by atoms with Crippen molar-refractivity contribution in [3.8, 4) is 0 Å². The molecule has 1 aromatic heterocycles. The minimum atomic E-state index is -0.538. The molecule has 0 radical (unpaired) electrons. The molecule has 4 rings (SSSR count). The summed E-state index contributed by atoms with van der Waals surface area (Å²) in [6, 6.07) is 9.48. The molecule has 1 aliphatic carbocycles. The second-order valence-corrected chi connectivity index (χ2v) is 7.66. The summed E-state index contributed by atoms with van der Waals surface area (Å²) < 4.78 is 0. The number of hydrogen-bond acceptors (Lipinski definition) is 6. The Labute approximate surface area is 173 Å². The maximum Gasteiger partial charge on any atom is 0.282 e. The highest BCUT2D eigenvalue weighted by molar-refractivity contribution is 5.98. The molecule has 2 aliphatic rings. The van der Waals surface area contributed by atoms with Crippen molar-refractivity contribution in [2.75, 3.05) is 31.2 Å². The van der Waals surface area contributed by atoms with Gasteiger partial charge in [-0.2, -0.15) is 0 Å². The van der Waals surface area contributed by atoms with Crippen LogP contribution in [0, 0.1) is 16.0 Å². The van der Waals surface area contributed by atoms with E-state index in [4.69, 9.17) is 0 Å². The Kier molecular flexibility index (Phi) is 5.60. The zero-order valence-corrected chi connectivity index (χ0v) is 16.5. The Balaban J connectivity index is 1.43. The molecular formula is C21H23N5O4. The summed E-state index contributed by atoms with van der Waals surface area (Å²) in [5.74, 6) is 0.767. The van der Waals surface area contributed by atoms with E-state index in [-0.39, 0.29) is 29.7 Å². The molecule has 9 heteroatoms. The number of amides is 2. The van der Waals surface area contributed by atoms with Gasteiger partial charge in [0.1, 0.15) is 11.4 Å². The first-order valence-corrected chi connectivity index (χ1v) is 10.0. The lowest BCUT2D eigenvalue weighted by molar-refractivity contribution is -0.385. The highest BCUT2D eigenvalue weighted by atomic mass is 16.6. The third kappa shape index (κ3) is 4.40. The van der Waals surface area contributed by atoms with Gasteiger partial charge in [0.2, 0.25) is 0 Å². The van der Waals surface area contributed by atoms with Crippen LogP contribution in [0.15, 0.2) is 42.6 Å². The Morgan fingerprint density at radius 3 is 2.67 bits per heavy atom. The fourth-order valence-electron chi connectivity index (χ4n) is 3.51. The topological polar surface area (TPSA) is 109 Å². The van der Waals surface area contributed by atoms with E-state index in [1.165, 1.54) is 25.0 Å². The molecule has 1 saturated heterocycles. The van der Waals surface area contributed by atoms with E-state index in [1.807, 2.05) is 4.90 Å². The van der Waals surface area contributed by atoms with E-state index < -0.39 is 4.92 Å². The van der Waals surface area contributed by atoms with E-state index in [0.717, 1.165) is 6.42 Å². The molecule has 2 fully saturated rings. The summed E-state index contributed by atoms with van der Waals surface area (Å²) in [6.07, 6.45) is 4.61. The van der Waals surface area contributed by atoms with Gasteiger partial charge in [-0.05, 0) is 43.4 Å². The van der Waals surface area contributed by atoms with Crippen LogP contribution in [0.3, 0.4) is 0 Å². The highest BCUT2D eigenvalue weighted by Crippen LogP contribution is 2.27. The standard InChI is InChI=1S/C21H23N5O4/c27-20(23-12-15-6-7-15)16-8-9-19(22-13-16)24-10-3-11-25(14-24)21(28)17-4-1-2-5-18(17)26(29)30/h1-2,4-5,8-9,13,15H,3,6-7,10-12,14H2,(H,23,27). The van der Waals surface area contributed by atoms with Gasteiger partial charge in [-0.3, -0.25) is 19.7 Å². The van der Waals surface area contributed by atoms with Gasteiger partial charge in [0, 0.05) is 31.9 Å². The van der Waals surface area contributed by atoms with Crippen molar-refractivity contribution in [1.82, 2.24) is 15.2 Å². The Morgan fingerprint density at radius 1 is 1.17 bits per heavy atom. The van der Waals surface area contributed by atoms with Crippen molar-refractivity contribution < 1.29 is 14.5 Å². The average Bonchev–Trinajstić information content (AvgIpc) is 3.62. The molecule has 0 unspecified atom stereocenters. The third-order valence-electron chi connectivity index (χ3n) is 5.40. The Hall–Kier alpha value is -3.49. The number of nitro benzene ring substituents is 1. The Morgan fingerprint density at radius 2 is 1.97 bits per heavy atom. The van der Waals surface area contributed by atoms with E-state index in [0.29, 0.717) is 36.9 Å². The number of hydrogen-bond donors (Lipinski definition) is 1. The summed E-state index contributed by atoms with van der Waals surface area (Å²) in [5.41, 5.74) is 0.392. The Bertz CT molecular complexity index is 958. The fourth-order valence-corrected chi connectivity index (χ4v) is 3.51. The first-order valence-electron chi connectivity index (χ1n) is 10.0. The van der Waals surface area contributed by atoms with Crippen LogP contribution >= 0.6 is 0 Å². The van der Waals surface area contributed by atoms with Gasteiger partial charge in [-0.1, -0.05) is 12.1 Å². The first kappa shape index (κ1) is 19.8. The zero-order chi connectivity index (χ0) is 21.1. The van der Waals surface area contributed by atoms with Crippen LogP contribution in [0.5, 0.6) is 0 Å². The SMILES string of the molecule is O=C(NCC1CC1)c1ccc(N2CCCN(C(=O)c3ccccc3[N+](=O)[O-])C2)nc1. The molecule has 2 amide bonds. The third-order valence-corrected chi connectivity index (χ3v) is 5.40. The number of benzene rings is 1. The summed E-state index contributed by atoms with van der Waals surface area (Å²) >= 11 is 0. The second-order valence-electron chi connectivity index (χ2n) is 7.66. The molecular weight excluding hydrogens is 386 g/mol. The first-order chi connectivity index (χ1) is 14.5. The molecule has 1 aromatic carbocycles. The quantitative estimate of drug-likeness (QED) is 0.580. The van der Waals surface area contributed by atoms with Crippen molar-refractivity contribution in [1.29, 1.82) is 0 Å². The summed E-state index contributed by atoms with van der Waals surface area (Å²) in [4.78, 5) is 43.7. The minimum Gasteiger partial charge on any atom is -0.352 e. The second kappa shape index (κ2) is 8.48. The van der Waals surface area contributed by atoms with Gasteiger partial charge in [-0.15, -0.1) is 0 Å². The minimum absolute atomic E-state index is 0.0833. The molecule has 1 aliphatic heterocycles. The number of para-hydroxylation sites is 1. The molecule has 2 heterocycles. The summed E-state index contributed by atoms with van der Waals surface area (Å²) in [5, 5.41) is 14.2. The van der Waals surface area contributed by atoms with Gasteiger partial charge in [0.15, 0.2) is 0 Å². The van der Waals surface area contributed by atoms with Crippen LogP contribution in [-0.4, -0.2) is 52.9 Å². The maximum atomic E-state index is 12.9. The molecule has 0 atom stereocenters. The fraction of sp³-hybridized carbons (Fsp3) is 0.381. The molecule has 9 nitrogen and oxygen atoms in total. The lowest BCUT2D eigenvalue weighted by Gasteiger charge is -2.36. The molecule has 1 N–H and O–H groups in total. The molecule has 0 bridgehead atoms. The van der Waals surface area contributed by atoms with Crippen molar-refractivity contribution in [2.45, 2.75) is 19.3 Å². The number of nitrogens with one attached hydrogen (secondary N) is 1. The monoisotopic (exact) mass is 409 g/mol. The molecule has 2 aromatic rings. The van der Waals surface area contributed by atoms with E-state index in [2.05, 4.69) is 10.3 Å². The summed E-state index contributed by atoms with van der Waals surface area (Å²) in [7, 11) is 0. The van der Waals surface area contributed by atoms with Crippen molar-refractivity contribution in [3.05, 3.63) is 63.8 Å². The maximum absolute atomic E-state index is 12.9. The van der Waals surface area contributed by atoms with Crippen LogP contribution < -0.4 is 10.2 Å². The van der Waals surface area contributed by atoms with Gasteiger partial charge in [-0.25, -0.2) is 4.98 Å². The van der Waals surface area contributed by atoms with E-state index >= 15 is 0 Å². The highest BCUT2D eigenvalue weighted by Gasteiger charge is 2.28.